The van der Waals surface area contributed by atoms with Gasteiger partial charge in [-0.25, -0.2) is 13.2 Å². The number of aryl methyl sites for hydroxylation is 2. The topological polar surface area (TPSA) is 81.5 Å². The molecule has 0 radical (unpaired) electrons. The molecule has 0 saturated carbocycles. The number of sulfonamides is 1. The van der Waals surface area contributed by atoms with E-state index in [9.17, 15) is 13.2 Å². The molecule has 23 heavy (non-hydrogen) atoms. The maximum atomic E-state index is 12.8. The largest absolute Gasteiger partial charge is 0.465 e. The van der Waals surface area contributed by atoms with Gasteiger partial charge in [0.25, 0.3) is 10.0 Å². The van der Waals surface area contributed by atoms with E-state index < -0.39 is 16.0 Å². The Kier molecular flexibility index (Phi) is 4.67. The summed E-state index contributed by atoms with van der Waals surface area (Å²) in [6.07, 6.45) is 0. The summed E-state index contributed by atoms with van der Waals surface area (Å²) in [6.45, 7) is 1.58. The summed E-state index contributed by atoms with van der Waals surface area (Å²) in [5.74, 6) is -0.492. The molecule has 0 fully saturated rings. The number of carbonyl (C=O) groups excluding carboxylic acids is 1. The SMILES string of the molecule is COC(=O)c1ccc(N(C)S(=O)(=O)c2c(C)nn(C)c2Cl)cc1. The van der Waals surface area contributed by atoms with E-state index in [1.165, 1.54) is 43.1 Å². The zero-order valence-electron chi connectivity index (χ0n) is 13.1. The van der Waals surface area contributed by atoms with Gasteiger partial charge in [0.05, 0.1) is 24.1 Å². The third kappa shape index (κ3) is 3.04. The first-order chi connectivity index (χ1) is 10.7. The molecule has 9 heteroatoms. The number of ether oxygens (including phenoxy) is 1. The summed E-state index contributed by atoms with van der Waals surface area (Å²) in [5.41, 5.74) is 1.03. The Morgan fingerprint density at radius 2 is 1.87 bits per heavy atom. The minimum absolute atomic E-state index is 0.0405. The zero-order chi connectivity index (χ0) is 17.4. The summed E-state index contributed by atoms with van der Waals surface area (Å²) < 4.78 is 32.5. The molecule has 124 valence electrons. The van der Waals surface area contributed by atoms with Gasteiger partial charge >= 0.3 is 5.97 Å². The maximum absolute atomic E-state index is 12.8. The number of nitrogens with zero attached hydrogens (tertiary/aromatic N) is 3. The Labute approximate surface area is 139 Å². The summed E-state index contributed by atoms with van der Waals surface area (Å²) in [4.78, 5) is 11.4. The molecule has 0 aliphatic heterocycles. The molecule has 7 nitrogen and oxygen atoms in total. The van der Waals surface area contributed by atoms with Crippen LogP contribution in [0.25, 0.3) is 0 Å². The van der Waals surface area contributed by atoms with Crippen LogP contribution in [-0.2, 0) is 21.8 Å². The van der Waals surface area contributed by atoms with E-state index in [4.69, 9.17) is 11.6 Å². The van der Waals surface area contributed by atoms with Gasteiger partial charge in [-0.3, -0.25) is 8.99 Å². The van der Waals surface area contributed by atoms with Crippen LogP contribution in [-0.4, -0.2) is 38.3 Å². The van der Waals surface area contributed by atoms with E-state index in [-0.39, 0.29) is 10.0 Å². The summed E-state index contributed by atoms with van der Waals surface area (Å²) in [7, 11) is 0.385. The van der Waals surface area contributed by atoms with Gasteiger partial charge in [0.15, 0.2) is 0 Å². The van der Waals surface area contributed by atoms with Crippen molar-refractivity contribution in [1.82, 2.24) is 9.78 Å². The molecular formula is C14H16ClN3O4S. The highest BCUT2D eigenvalue weighted by molar-refractivity contribution is 7.93. The van der Waals surface area contributed by atoms with Crippen LogP contribution >= 0.6 is 11.6 Å². The Morgan fingerprint density at radius 3 is 2.30 bits per heavy atom. The van der Waals surface area contributed by atoms with Gasteiger partial charge in [-0.15, -0.1) is 0 Å². The van der Waals surface area contributed by atoms with Crippen molar-refractivity contribution in [3.8, 4) is 0 Å². The first-order valence-corrected chi connectivity index (χ1v) is 8.38. The predicted octanol–water partition coefficient (Wildman–Crippen LogP) is 1.99. The molecule has 1 heterocycles. The molecule has 0 amide bonds. The van der Waals surface area contributed by atoms with Gasteiger partial charge in [-0.2, -0.15) is 5.10 Å². The minimum Gasteiger partial charge on any atom is -0.465 e. The van der Waals surface area contributed by atoms with Crippen LogP contribution in [0.15, 0.2) is 29.2 Å². The highest BCUT2D eigenvalue weighted by Gasteiger charge is 2.29. The molecule has 0 atom stereocenters. The average Bonchev–Trinajstić information content (AvgIpc) is 2.79. The third-order valence-corrected chi connectivity index (χ3v) is 5.85. The second-order valence-electron chi connectivity index (χ2n) is 4.84. The monoisotopic (exact) mass is 357 g/mol. The van der Waals surface area contributed by atoms with E-state index in [1.807, 2.05) is 0 Å². The summed E-state index contributed by atoms with van der Waals surface area (Å²) >= 11 is 6.05. The van der Waals surface area contributed by atoms with Crippen molar-refractivity contribution in [3.05, 3.63) is 40.7 Å². The van der Waals surface area contributed by atoms with E-state index in [1.54, 1.807) is 14.0 Å². The molecule has 0 bridgehead atoms. The zero-order valence-corrected chi connectivity index (χ0v) is 14.6. The van der Waals surface area contributed by atoms with Crippen LogP contribution in [0.3, 0.4) is 0 Å². The van der Waals surface area contributed by atoms with Gasteiger partial charge < -0.3 is 4.74 Å². The van der Waals surface area contributed by atoms with Crippen molar-refractivity contribution in [1.29, 1.82) is 0 Å². The quantitative estimate of drug-likeness (QED) is 0.781. The number of hydrogen-bond acceptors (Lipinski definition) is 5. The molecule has 2 aromatic rings. The van der Waals surface area contributed by atoms with Gasteiger partial charge in [0, 0.05) is 14.1 Å². The molecule has 0 N–H and O–H groups in total. The average molecular weight is 358 g/mol. The van der Waals surface area contributed by atoms with Crippen LogP contribution in [0, 0.1) is 6.92 Å². The lowest BCUT2D eigenvalue weighted by Crippen LogP contribution is -2.27. The number of methoxy groups -OCH3 is 1. The van der Waals surface area contributed by atoms with Crippen molar-refractivity contribution in [2.24, 2.45) is 7.05 Å². The molecule has 1 aromatic heterocycles. The van der Waals surface area contributed by atoms with E-state index in [2.05, 4.69) is 9.84 Å². The molecule has 0 aliphatic carbocycles. The number of esters is 1. The van der Waals surface area contributed by atoms with Gasteiger partial charge in [-0.05, 0) is 31.2 Å². The standard InChI is InChI=1S/C14H16ClN3O4S/c1-9-12(13(15)17(2)16-9)23(20,21)18(3)11-7-5-10(6-8-11)14(19)22-4/h5-8H,1-4H3. The highest BCUT2D eigenvalue weighted by atomic mass is 35.5. The second-order valence-corrected chi connectivity index (χ2v) is 7.10. The van der Waals surface area contributed by atoms with Crippen LogP contribution in [0.1, 0.15) is 16.1 Å². The van der Waals surface area contributed by atoms with E-state index in [0.717, 1.165) is 4.31 Å². The molecule has 2 rings (SSSR count). The fraction of sp³-hybridized carbons (Fsp3) is 0.286. The van der Waals surface area contributed by atoms with Crippen LogP contribution in [0.5, 0.6) is 0 Å². The van der Waals surface area contributed by atoms with E-state index in [0.29, 0.717) is 16.9 Å². The van der Waals surface area contributed by atoms with Crippen molar-refractivity contribution in [2.75, 3.05) is 18.5 Å². The second kappa shape index (κ2) is 6.21. The summed E-state index contributed by atoms with van der Waals surface area (Å²) in [6, 6.07) is 6.02. The molecular weight excluding hydrogens is 342 g/mol. The Morgan fingerprint density at radius 1 is 1.30 bits per heavy atom. The number of rotatable bonds is 4. The van der Waals surface area contributed by atoms with Crippen molar-refractivity contribution >= 4 is 33.3 Å². The lowest BCUT2D eigenvalue weighted by molar-refractivity contribution is 0.0601. The lowest BCUT2D eigenvalue weighted by Gasteiger charge is -2.19. The van der Waals surface area contributed by atoms with Crippen molar-refractivity contribution in [2.45, 2.75) is 11.8 Å². The van der Waals surface area contributed by atoms with Crippen LogP contribution in [0.2, 0.25) is 5.15 Å². The van der Waals surface area contributed by atoms with Gasteiger partial charge in [0.2, 0.25) is 0 Å². The molecule has 0 saturated heterocycles. The smallest absolute Gasteiger partial charge is 0.337 e. The number of halogens is 1. The maximum Gasteiger partial charge on any atom is 0.337 e. The number of benzene rings is 1. The lowest BCUT2D eigenvalue weighted by atomic mass is 10.2. The molecule has 0 aliphatic rings. The minimum atomic E-state index is -3.87. The van der Waals surface area contributed by atoms with E-state index >= 15 is 0 Å². The fourth-order valence-corrected chi connectivity index (χ4v) is 4.00. The van der Waals surface area contributed by atoms with Crippen LogP contribution < -0.4 is 4.31 Å². The Balaban J connectivity index is 2.42. The number of anilines is 1. The molecule has 0 spiro atoms. The molecule has 0 unspecified atom stereocenters. The summed E-state index contributed by atoms with van der Waals surface area (Å²) in [5, 5.41) is 4.06. The highest BCUT2D eigenvalue weighted by Crippen LogP contribution is 2.29. The first-order valence-electron chi connectivity index (χ1n) is 6.56. The fourth-order valence-electron chi connectivity index (χ4n) is 2.10. The van der Waals surface area contributed by atoms with Crippen molar-refractivity contribution in [3.63, 3.8) is 0 Å². The van der Waals surface area contributed by atoms with Gasteiger partial charge in [0.1, 0.15) is 10.0 Å². The number of aromatic nitrogens is 2. The normalized spacial score (nSPS) is 11.3. The van der Waals surface area contributed by atoms with Crippen LogP contribution in [0.4, 0.5) is 5.69 Å². The number of hydrogen-bond donors (Lipinski definition) is 0. The number of carbonyl (C=O) groups is 1. The Hall–Kier alpha value is -2.06. The molecule has 1 aromatic carbocycles. The van der Waals surface area contributed by atoms with Gasteiger partial charge in [-0.1, -0.05) is 11.6 Å². The van der Waals surface area contributed by atoms with Crippen molar-refractivity contribution < 1.29 is 17.9 Å². The third-order valence-electron chi connectivity index (χ3n) is 3.37. The predicted molar refractivity (Wildman–Crippen MR) is 86.3 cm³/mol. The Bertz CT molecular complexity index is 844. The first kappa shape index (κ1) is 17.3.